The summed E-state index contributed by atoms with van der Waals surface area (Å²) in [6, 6.07) is -0.481. The molecule has 114 valence electrons. The maximum absolute atomic E-state index is 11.5. The zero-order valence-electron chi connectivity index (χ0n) is 11.3. The van der Waals surface area contributed by atoms with Crippen molar-refractivity contribution in [2.45, 2.75) is 25.1 Å². The van der Waals surface area contributed by atoms with E-state index < -0.39 is 6.03 Å². The van der Waals surface area contributed by atoms with E-state index in [4.69, 9.17) is 9.15 Å². The van der Waals surface area contributed by atoms with Gasteiger partial charge in [-0.25, -0.2) is 4.79 Å². The number of ether oxygens (including phenoxy) is 1. The van der Waals surface area contributed by atoms with Crippen molar-refractivity contribution in [3.05, 3.63) is 5.89 Å². The quantitative estimate of drug-likeness (QED) is 0.583. The van der Waals surface area contributed by atoms with E-state index >= 15 is 0 Å². The molecule has 0 saturated carbocycles. The third-order valence-corrected chi connectivity index (χ3v) is 3.33. The molecule has 21 heavy (non-hydrogen) atoms. The Kier molecular flexibility index (Phi) is 5.14. The Morgan fingerprint density at radius 2 is 2.29 bits per heavy atom. The number of carbonyl (C=O) groups is 3. The summed E-state index contributed by atoms with van der Waals surface area (Å²) in [6.07, 6.45) is 0.240. The number of imide groups is 1. The fourth-order valence-corrected chi connectivity index (χ4v) is 2.18. The van der Waals surface area contributed by atoms with Crippen molar-refractivity contribution in [2.24, 2.45) is 0 Å². The Hall–Kier alpha value is -2.10. The minimum Gasteiger partial charge on any atom is -0.465 e. The van der Waals surface area contributed by atoms with Crippen LogP contribution in [-0.4, -0.2) is 51.9 Å². The highest BCUT2D eigenvalue weighted by Gasteiger charge is 2.24. The third-order valence-electron chi connectivity index (χ3n) is 2.54. The number of urea groups is 1. The second-order valence-electron chi connectivity index (χ2n) is 4.08. The van der Waals surface area contributed by atoms with Crippen LogP contribution in [0.1, 0.15) is 19.2 Å². The summed E-state index contributed by atoms with van der Waals surface area (Å²) < 4.78 is 10.1. The van der Waals surface area contributed by atoms with Crippen molar-refractivity contribution < 1.29 is 23.5 Å². The van der Waals surface area contributed by atoms with Crippen LogP contribution in [0.5, 0.6) is 0 Å². The molecule has 0 aliphatic carbocycles. The summed E-state index contributed by atoms with van der Waals surface area (Å²) in [5.74, 6) is -0.344. The molecule has 9 nitrogen and oxygen atoms in total. The highest BCUT2D eigenvalue weighted by molar-refractivity contribution is 7.99. The largest absolute Gasteiger partial charge is 0.465 e. The van der Waals surface area contributed by atoms with Crippen molar-refractivity contribution in [2.75, 3.05) is 18.9 Å². The molecule has 1 fully saturated rings. The summed E-state index contributed by atoms with van der Waals surface area (Å²) in [5, 5.41) is 9.99. The van der Waals surface area contributed by atoms with E-state index in [-0.39, 0.29) is 41.7 Å². The van der Waals surface area contributed by atoms with Crippen molar-refractivity contribution >= 4 is 29.7 Å². The number of esters is 1. The molecule has 1 N–H and O–H groups in total. The van der Waals surface area contributed by atoms with Crippen LogP contribution in [0.15, 0.2) is 9.64 Å². The van der Waals surface area contributed by atoms with E-state index in [1.807, 2.05) is 0 Å². The van der Waals surface area contributed by atoms with Crippen molar-refractivity contribution in [1.82, 2.24) is 20.4 Å². The number of aromatic nitrogens is 2. The van der Waals surface area contributed by atoms with Crippen LogP contribution in [0.25, 0.3) is 0 Å². The van der Waals surface area contributed by atoms with Gasteiger partial charge in [0.05, 0.1) is 6.61 Å². The first-order valence-corrected chi connectivity index (χ1v) is 7.26. The number of thioether (sulfide) groups is 1. The lowest BCUT2D eigenvalue weighted by atomic mass is 10.3. The smallest absolute Gasteiger partial charge is 0.324 e. The van der Waals surface area contributed by atoms with Crippen LogP contribution >= 0.6 is 11.8 Å². The van der Waals surface area contributed by atoms with E-state index in [1.54, 1.807) is 6.92 Å². The Labute approximate surface area is 124 Å². The van der Waals surface area contributed by atoms with Crippen LogP contribution in [0.3, 0.4) is 0 Å². The van der Waals surface area contributed by atoms with Crippen LogP contribution in [0.2, 0.25) is 0 Å². The van der Waals surface area contributed by atoms with E-state index in [2.05, 4.69) is 15.5 Å². The van der Waals surface area contributed by atoms with Gasteiger partial charge in [-0.1, -0.05) is 11.8 Å². The lowest BCUT2D eigenvalue weighted by Gasteiger charge is -2.24. The van der Waals surface area contributed by atoms with E-state index in [0.29, 0.717) is 13.2 Å². The van der Waals surface area contributed by atoms with Crippen LogP contribution in [0, 0.1) is 0 Å². The molecular formula is C11H14N4O5S. The molecule has 1 aromatic rings. The monoisotopic (exact) mass is 314 g/mol. The second kappa shape index (κ2) is 7.07. The van der Waals surface area contributed by atoms with Gasteiger partial charge in [0.25, 0.3) is 5.22 Å². The average molecular weight is 314 g/mol. The van der Waals surface area contributed by atoms with Crippen LogP contribution in [0.4, 0.5) is 4.79 Å². The Morgan fingerprint density at radius 1 is 1.48 bits per heavy atom. The van der Waals surface area contributed by atoms with Crippen LogP contribution in [-0.2, 0) is 20.9 Å². The Bertz CT molecular complexity index is 546. The highest BCUT2D eigenvalue weighted by atomic mass is 32.2. The molecule has 0 bridgehead atoms. The average Bonchev–Trinajstić information content (AvgIpc) is 2.88. The fraction of sp³-hybridized carbons (Fsp3) is 0.545. The molecule has 1 aliphatic rings. The Morgan fingerprint density at radius 3 is 3.00 bits per heavy atom. The second-order valence-corrected chi connectivity index (χ2v) is 5.01. The van der Waals surface area contributed by atoms with Gasteiger partial charge in [0.15, 0.2) is 0 Å². The van der Waals surface area contributed by atoms with E-state index in [9.17, 15) is 14.4 Å². The van der Waals surface area contributed by atoms with Gasteiger partial charge in [-0.3, -0.25) is 14.9 Å². The van der Waals surface area contributed by atoms with Gasteiger partial charge >= 0.3 is 12.0 Å². The van der Waals surface area contributed by atoms with Gasteiger partial charge in [-0.05, 0) is 6.92 Å². The van der Waals surface area contributed by atoms with Gasteiger partial charge in [-0.2, -0.15) is 0 Å². The predicted molar refractivity (Wildman–Crippen MR) is 70.2 cm³/mol. The number of hydrogen-bond acceptors (Lipinski definition) is 8. The summed E-state index contributed by atoms with van der Waals surface area (Å²) in [5.41, 5.74) is 0. The van der Waals surface area contributed by atoms with Gasteiger partial charge in [0.2, 0.25) is 11.8 Å². The van der Waals surface area contributed by atoms with Crippen molar-refractivity contribution in [3.63, 3.8) is 0 Å². The van der Waals surface area contributed by atoms with Gasteiger partial charge < -0.3 is 14.1 Å². The summed E-state index contributed by atoms with van der Waals surface area (Å²) in [4.78, 5) is 35.1. The van der Waals surface area contributed by atoms with E-state index in [1.165, 1.54) is 4.90 Å². The minimum absolute atomic E-state index is 0.0776. The molecule has 0 atom stereocenters. The zero-order chi connectivity index (χ0) is 15.2. The summed E-state index contributed by atoms with van der Waals surface area (Å²) in [6.45, 7) is 2.46. The number of amides is 3. The first-order valence-electron chi connectivity index (χ1n) is 6.28. The minimum atomic E-state index is -0.481. The molecule has 3 amide bonds. The first kappa shape index (κ1) is 15.3. The summed E-state index contributed by atoms with van der Waals surface area (Å²) in [7, 11) is 0. The first-order chi connectivity index (χ1) is 10.1. The van der Waals surface area contributed by atoms with Gasteiger partial charge in [0.1, 0.15) is 12.3 Å². The number of hydrogen-bond donors (Lipinski definition) is 1. The maximum atomic E-state index is 11.5. The Balaban J connectivity index is 1.84. The van der Waals surface area contributed by atoms with Gasteiger partial charge in [-0.15, -0.1) is 10.2 Å². The molecule has 10 heteroatoms. The zero-order valence-corrected chi connectivity index (χ0v) is 12.1. The predicted octanol–water partition coefficient (Wildman–Crippen LogP) is 0.167. The highest BCUT2D eigenvalue weighted by Crippen LogP contribution is 2.17. The number of nitrogens with zero attached hydrogens (tertiary/aromatic N) is 3. The molecule has 2 heterocycles. The molecule has 0 aromatic carbocycles. The molecule has 0 radical (unpaired) electrons. The molecule has 1 aliphatic heterocycles. The lowest BCUT2D eigenvalue weighted by molar-refractivity contribution is -0.139. The fourth-order valence-electron chi connectivity index (χ4n) is 1.60. The number of rotatable bonds is 6. The number of nitrogens with one attached hydrogen (secondary N) is 1. The lowest BCUT2D eigenvalue weighted by Crippen LogP contribution is -2.48. The topological polar surface area (TPSA) is 115 Å². The summed E-state index contributed by atoms with van der Waals surface area (Å²) >= 11 is 1.06. The number of carbonyl (C=O) groups excluding carboxylic acids is 3. The molecule has 0 spiro atoms. The normalized spacial score (nSPS) is 15.0. The van der Waals surface area contributed by atoms with Crippen molar-refractivity contribution in [3.8, 4) is 0 Å². The third kappa shape index (κ3) is 4.45. The maximum Gasteiger partial charge on any atom is 0.324 e. The standard InChI is InChI=1S/C11H14N4O5S/c1-2-19-9(17)6-21-11-14-13-8(20-11)5-15-4-3-7(16)12-10(15)18/h2-6H2,1H3,(H,12,16,18). The van der Waals surface area contributed by atoms with Gasteiger partial charge in [0, 0.05) is 13.0 Å². The molecule has 0 unspecified atom stereocenters. The SMILES string of the molecule is CCOC(=O)CSc1nnc(CN2CCC(=O)NC2=O)o1. The van der Waals surface area contributed by atoms with Crippen molar-refractivity contribution in [1.29, 1.82) is 0 Å². The molecular weight excluding hydrogens is 300 g/mol. The van der Waals surface area contributed by atoms with E-state index in [0.717, 1.165) is 11.8 Å². The van der Waals surface area contributed by atoms with Crippen LogP contribution < -0.4 is 5.32 Å². The molecule has 2 rings (SSSR count). The molecule has 1 saturated heterocycles. The molecule has 1 aromatic heterocycles.